The van der Waals surface area contributed by atoms with Crippen molar-refractivity contribution in [3.63, 3.8) is 0 Å². The molecule has 2 unspecified atom stereocenters. The quantitative estimate of drug-likeness (QED) is 0.565. The van der Waals surface area contributed by atoms with Gasteiger partial charge in [0.15, 0.2) is 5.76 Å². The van der Waals surface area contributed by atoms with Crippen LogP contribution in [0.15, 0.2) is 34.7 Å². The van der Waals surface area contributed by atoms with Gasteiger partial charge in [-0.3, -0.25) is 9.59 Å². The van der Waals surface area contributed by atoms with E-state index in [0.29, 0.717) is 11.7 Å². The largest absolute Gasteiger partial charge is 0.451 e. The first-order valence-corrected chi connectivity index (χ1v) is 11.9. The van der Waals surface area contributed by atoms with E-state index in [2.05, 4.69) is 54.9 Å². The van der Waals surface area contributed by atoms with Crippen LogP contribution < -0.4 is 16.0 Å². The predicted molar refractivity (Wildman–Crippen MR) is 126 cm³/mol. The molecule has 0 spiro atoms. The number of hydrogen-bond donors (Lipinski definition) is 3. The van der Waals surface area contributed by atoms with Crippen LogP contribution in [0.4, 0.5) is 5.69 Å². The SMILES string of the molecule is CCC(C)C1(C)Nc2cc(-c3ccc(C(=O)N[C@H](C(=O)NC)C4CCCCC4)o3)ccc21. The summed E-state index contributed by atoms with van der Waals surface area (Å²) in [4.78, 5) is 25.3. The van der Waals surface area contributed by atoms with Crippen LogP contribution in [0.3, 0.4) is 0 Å². The van der Waals surface area contributed by atoms with Crippen molar-refractivity contribution in [2.45, 2.75) is 70.9 Å². The van der Waals surface area contributed by atoms with Gasteiger partial charge in [0.25, 0.3) is 5.91 Å². The highest BCUT2D eigenvalue weighted by Crippen LogP contribution is 2.48. The summed E-state index contributed by atoms with van der Waals surface area (Å²) in [6.45, 7) is 6.72. The molecule has 3 atom stereocenters. The monoisotopic (exact) mass is 437 g/mol. The fraction of sp³-hybridized carbons (Fsp3) is 0.538. The number of nitrogens with one attached hydrogen (secondary N) is 3. The number of likely N-dealkylation sites (N-methyl/N-ethyl adjacent to an activating group) is 1. The van der Waals surface area contributed by atoms with Crippen molar-refractivity contribution in [3.8, 4) is 11.3 Å². The highest BCUT2D eigenvalue weighted by molar-refractivity contribution is 5.96. The molecule has 2 aliphatic rings. The molecule has 1 fully saturated rings. The Labute approximate surface area is 190 Å². The van der Waals surface area contributed by atoms with Gasteiger partial charge in [0.1, 0.15) is 11.8 Å². The molecule has 1 aromatic heterocycles. The molecule has 0 saturated heterocycles. The van der Waals surface area contributed by atoms with Crippen LogP contribution in [0.2, 0.25) is 0 Å². The molecule has 1 aliphatic heterocycles. The topological polar surface area (TPSA) is 83.4 Å². The van der Waals surface area contributed by atoms with Crippen molar-refractivity contribution in [2.24, 2.45) is 11.8 Å². The second-order valence-corrected chi connectivity index (χ2v) is 9.52. The van der Waals surface area contributed by atoms with E-state index in [0.717, 1.165) is 43.4 Å². The number of rotatable bonds is 7. The molecule has 4 rings (SSSR count). The highest BCUT2D eigenvalue weighted by Gasteiger charge is 2.41. The normalized spacial score (nSPS) is 22.1. The molecule has 2 heterocycles. The molecular formula is C26H35N3O3. The smallest absolute Gasteiger partial charge is 0.287 e. The Morgan fingerprint density at radius 2 is 1.94 bits per heavy atom. The lowest BCUT2D eigenvalue weighted by atomic mass is 9.72. The molecule has 1 aliphatic carbocycles. The van der Waals surface area contributed by atoms with Crippen molar-refractivity contribution in [3.05, 3.63) is 41.7 Å². The first-order chi connectivity index (χ1) is 15.4. The molecule has 2 amide bonds. The molecule has 0 radical (unpaired) electrons. The van der Waals surface area contributed by atoms with E-state index in [1.807, 2.05) is 6.07 Å². The Kier molecular flexibility index (Phi) is 6.31. The lowest BCUT2D eigenvalue weighted by Crippen LogP contribution is -2.50. The number of amides is 2. The number of carbonyl (C=O) groups excluding carboxylic acids is 2. The van der Waals surface area contributed by atoms with Crippen molar-refractivity contribution in [1.29, 1.82) is 0 Å². The first-order valence-electron chi connectivity index (χ1n) is 11.9. The van der Waals surface area contributed by atoms with Gasteiger partial charge in [-0.2, -0.15) is 0 Å². The minimum atomic E-state index is -0.528. The van der Waals surface area contributed by atoms with Crippen LogP contribution in [0.1, 0.15) is 75.4 Å². The van der Waals surface area contributed by atoms with Gasteiger partial charge in [0, 0.05) is 23.9 Å². The summed E-state index contributed by atoms with van der Waals surface area (Å²) in [5.74, 6) is 1.09. The van der Waals surface area contributed by atoms with Crippen molar-refractivity contribution >= 4 is 17.5 Å². The molecule has 6 nitrogen and oxygen atoms in total. The van der Waals surface area contributed by atoms with E-state index in [-0.39, 0.29) is 29.0 Å². The van der Waals surface area contributed by atoms with Gasteiger partial charge in [-0.15, -0.1) is 0 Å². The van der Waals surface area contributed by atoms with Gasteiger partial charge in [0.2, 0.25) is 5.91 Å². The van der Waals surface area contributed by atoms with E-state index in [1.165, 1.54) is 12.0 Å². The van der Waals surface area contributed by atoms with Crippen LogP contribution in [0, 0.1) is 11.8 Å². The number of anilines is 1. The second-order valence-electron chi connectivity index (χ2n) is 9.52. The van der Waals surface area contributed by atoms with Crippen molar-refractivity contribution in [2.75, 3.05) is 12.4 Å². The van der Waals surface area contributed by atoms with E-state index < -0.39 is 6.04 Å². The maximum absolute atomic E-state index is 12.9. The molecule has 3 N–H and O–H groups in total. The third-order valence-electron chi connectivity index (χ3n) is 7.62. The Hall–Kier alpha value is -2.76. The number of benzene rings is 1. The Balaban J connectivity index is 1.48. The standard InChI is InChI=1S/C26H35N3O3/c1-5-16(2)26(3)19-12-11-18(15-20(19)29-26)21-13-14-22(32-21)24(30)28-23(25(31)27-4)17-9-7-6-8-10-17/h11-17,23,29H,5-10H2,1-4H3,(H,27,31)(H,28,30)/t16?,23-,26?/m0/s1. The summed E-state index contributed by atoms with van der Waals surface area (Å²) in [6, 6.07) is 9.26. The third kappa shape index (κ3) is 4.03. The van der Waals surface area contributed by atoms with Crippen LogP contribution >= 0.6 is 0 Å². The van der Waals surface area contributed by atoms with Gasteiger partial charge in [-0.05, 0) is 49.8 Å². The summed E-state index contributed by atoms with van der Waals surface area (Å²) in [5.41, 5.74) is 3.37. The maximum atomic E-state index is 12.9. The van der Waals surface area contributed by atoms with E-state index in [4.69, 9.17) is 4.42 Å². The fourth-order valence-corrected chi connectivity index (χ4v) is 5.18. The summed E-state index contributed by atoms with van der Waals surface area (Å²) in [5, 5.41) is 9.22. The summed E-state index contributed by atoms with van der Waals surface area (Å²) < 4.78 is 5.90. The molecule has 1 aromatic carbocycles. The highest BCUT2D eigenvalue weighted by atomic mass is 16.4. The van der Waals surface area contributed by atoms with Gasteiger partial charge < -0.3 is 20.4 Å². The zero-order chi connectivity index (χ0) is 22.9. The van der Waals surface area contributed by atoms with Crippen LogP contribution in [-0.4, -0.2) is 24.9 Å². The van der Waals surface area contributed by atoms with E-state index in [1.54, 1.807) is 13.1 Å². The van der Waals surface area contributed by atoms with Crippen molar-refractivity contribution in [1.82, 2.24) is 10.6 Å². The lowest BCUT2D eigenvalue weighted by Gasteiger charge is -2.47. The van der Waals surface area contributed by atoms with E-state index in [9.17, 15) is 9.59 Å². The summed E-state index contributed by atoms with van der Waals surface area (Å²) in [7, 11) is 1.61. The fourth-order valence-electron chi connectivity index (χ4n) is 5.18. The average molecular weight is 438 g/mol. The first kappa shape index (κ1) is 22.4. The van der Waals surface area contributed by atoms with Crippen LogP contribution in [-0.2, 0) is 10.3 Å². The molecule has 2 aromatic rings. The lowest BCUT2D eigenvalue weighted by molar-refractivity contribution is -0.124. The van der Waals surface area contributed by atoms with Crippen LogP contribution in [0.25, 0.3) is 11.3 Å². The molecular weight excluding hydrogens is 402 g/mol. The second kappa shape index (κ2) is 9.00. The third-order valence-corrected chi connectivity index (χ3v) is 7.62. The molecule has 6 heteroatoms. The summed E-state index contributed by atoms with van der Waals surface area (Å²) >= 11 is 0. The Morgan fingerprint density at radius 1 is 1.19 bits per heavy atom. The van der Waals surface area contributed by atoms with Crippen molar-refractivity contribution < 1.29 is 14.0 Å². The minimum absolute atomic E-state index is 0.00477. The van der Waals surface area contributed by atoms with Gasteiger partial charge in [-0.25, -0.2) is 0 Å². The average Bonchev–Trinajstić information content (AvgIpc) is 3.31. The zero-order valence-corrected chi connectivity index (χ0v) is 19.6. The zero-order valence-electron chi connectivity index (χ0n) is 19.6. The predicted octanol–water partition coefficient (Wildman–Crippen LogP) is 5.06. The molecule has 32 heavy (non-hydrogen) atoms. The van der Waals surface area contributed by atoms with Gasteiger partial charge in [0.05, 0.1) is 5.54 Å². The number of carbonyl (C=O) groups is 2. The maximum Gasteiger partial charge on any atom is 0.287 e. The minimum Gasteiger partial charge on any atom is -0.451 e. The number of furan rings is 1. The number of fused-ring (bicyclic) bond motifs is 1. The van der Waals surface area contributed by atoms with Gasteiger partial charge in [-0.1, -0.05) is 51.7 Å². The molecule has 1 saturated carbocycles. The molecule has 0 bridgehead atoms. The summed E-state index contributed by atoms with van der Waals surface area (Å²) in [6.07, 6.45) is 6.42. The molecule has 172 valence electrons. The number of hydrogen-bond acceptors (Lipinski definition) is 4. The van der Waals surface area contributed by atoms with Gasteiger partial charge >= 0.3 is 0 Å². The Bertz CT molecular complexity index is 992. The van der Waals surface area contributed by atoms with Crippen LogP contribution in [0.5, 0.6) is 0 Å². The van der Waals surface area contributed by atoms with E-state index >= 15 is 0 Å². The Morgan fingerprint density at radius 3 is 2.59 bits per heavy atom.